The van der Waals surface area contributed by atoms with E-state index in [4.69, 9.17) is 4.74 Å². The van der Waals surface area contributed by atoms with Gasteiger partial charge < -0.3 is 9.84 Å². The molecule has 0 radical (unpaired) electrons. The van der Waals surface area contributed by atoms with E-state index >= 15 is 0 Å². The van der Waals surface area contributed by atoms with Crippen molar-refractivity contribution < 1.29 is 9.84 Å². The van der Waals surface area contributed by atoms with E-state index in [0.29, 0.717) is 11.8 Å². The van der Waals surface area contributed by atoms with E-state index in [2.05, 4.69) is 22.0 Å². The Hall–Kier alpha value is -1.65. The van der Waals surface area contributed by atoms with Crippen LogP contribution in [0.5, 0.6) is 5.88 Å². The number of pyridine rings is 1. The summed E-state index contributed by atoms with van der Waals surface area (Å²) < 4.78 is 5.46. The van der Waals surface area contributed by atoms with Gasteiger partial charge in [0.15, 0.2) is 0 Å². The Labute approximate surface area is 125 Å². The van der Waals surface area contributed by atoms with Gasteiger partial charge >= 0.3 is 0 Å². The molecule has 1 fully saturated rings. The molecule has 2 heterocycles. The van der Waals surface area contributed by atoms with Gasteiger partial charge in [-0.1, -0.05) is 18.2 Å². The maximum atomic E-state index is 9.35. The van der Waals surface area contributed by atoms with Crippen LogP contribution in [-0.4, -0.2) is 41.8 Å². The molecule has 0 saturated carbocycles. The Morgan fingerprint density at radius 1 is 1.38 bits per heavy atom. The third kappa shape index (κ3) is 3.17. The van der Waals surface area contributed by atoms with Crippen molar-refractivity contribution in [3.8, 4) is 5.88 Å². The number of methoxy groups -OCH3 is 1. The quantitative estimate of drug-likeness (QED) is 0.937. The zero-order valence-electron chi connectivity index (χ0n) is 12.5. The number of rotatable bonds is 4. The van der Waals surface area contributed by atoms with Crippen molar-refractivity contribution in [2.75, 3.05) is 26.8 Å². The number of ether oxygens (including phenoxy) is 1. The van der Waals surface area contributed by atoms with Gasteiger partial charge in [0.2, 0.25) is 5.88 Å². The fourth-order valence-corrected chi connectivity index (χ4v) is 3.12. The number of fused-ring (bicyclic) bond motifs is 1. The molecule has 0 spiro atoms. The summed E-state index contributed by atoms with van der Waals surface area (Å²) in [5.41, 5.74) is 2.08. The van der Waals surface area contributed by atoms with Gasteiger partial charge in [-0.15, -0.1) is 0 Å². The molecule has 2 aromatic rings. The molecule has 1 aromatic heterocycles. The highest BCUT2D eigenvalue weighted by Crippen LogP contribution is 2.25. The third-order valence-electron chi connectivity index (χ3n) is 4.21. The van der Waals surface area contributed by atoms with Crippen molar-refractivity contribution >= 4 is 10.9 Å². The molecule has 4 nitrogen and oxygen atoms in total. The number of aliphatic hydroxyl groups is 1. The van der Waals surface area contributed by atoms with Gasteiger partial charge in [0.05, 0.1) is 12.6 Å². The average Bonchev–Trinajstić information content (AvgIpc) is 2.54. The Balaban J connectivity index is 1.85. The highest BCUT2D eigenvalue weighted by atomic mass is 16.5. The maximum Gasteiger partial charge on any atom is 0.218 e. The van der Waals surface area contributed by atoms with Crippen molar-refractivity contribution in [2.24, 2.45) is 5.92 Å². The zero-order valence-corrected chi connectivity index (χ0v) is 12.5. The number of hydrogen-bond acceptors (Lipinski definition) is 4. The van der Waals surface area contributed by atoms with Crippen LogP contribution in [0.4, 0.5) is 0 Å². The first-order chi connectivity index (χ1) is 10.3. The van der Waals surface area contributed by atoms with Crippen molar-refractivity contribution in [2.45, 2.75) is 19.4 Å². The van der Waals surface area contributed by atoms with Crippen molar-refractivity contribution in [1.82, 2.24) is 9.88 Å². The fourth-order valence-electron chi connectivity index (χ4n) is 3.12. The Kier molecular flexibility index (Phi) is 4.36. The number of likely N-dealkylation sites (tertiary alicyclic amines) is 1. The molecule has 1 aliphatic rings. The molecular formula is C17H22N2O2. The molecule has 21 heavy (non-hydrogen) atoms. The second kappa shape index (κ2) is 6.41. The molecule has 1 N–H and O–H groups in total. The lowest BCUT2D eigenvalue weighted by atomic mass is 9.98. The van der Waals surface area contributed by atoms with E-state index in [0.717, 1.165) is 48.9 Å². The van der Waals surface area contributed by atoms with Crippen molar-refractivity contribution in [3.63, 3.8) is 0 Å². The highest BCUT2D eigenvalue weighted by molar-refractivity contribution is 5.80. The molecule has 0 amide bonds. The number of aromatic nitrogens is 1. The van der Waals surface area contributed by atoms with E-state index in [1.807, 2.05) is 18.2 Å². The standard InChI is InChI=1S/C17H22N2O2/c1-21-17-15(9-14-6-2-3-7-16(14)18-17)11-19-8-4-5-13(10-19)12-20/h2-3,6-7,9,13,20H,4-5,8,10-12H2,1H3. The lowest BCUT2D eigenvalue weighted by molar-refractivity contribution is 0.115. The lowest BCUT2D eigenvalue weighted by Crippen LogP contribution is -2.36. The molecule has 4 heteroatoms. The summed E-state index contributed by atoms with van der Waals surface area (Å²) in [5.74, 6) is 1.11. The molecular weight excluding hydrogens is 264 g/mol. The van der Waals surface area contributed by atoms with Crippen LogP contribution in [0.3, 0.4) is 0 Å². The first kappa shape index (κ1) is 14.3. The van der Waals surface area contributed by atoms with Crippen LogP contribution in [-0.2, 0) is 6.54 Å². The summed E-state index contributed by atoms with van der Waals surface area (Å²) in [6.45, 7) is 3.14. The van der Waals surface area contributed by atoms with Crippen LogP contribution in [0.25, 0.3) is 10.9 Å². The summed E-state index contributed by atoms with van der Waals surface area (Å²) in [5, 5.41) is 10.5. The summed E-state index contributed by atoms with van der Waals surface area (Å²) in [4.78, 5) is 6.99. The minimum absolute atomic E-state index is 0.281. The molecule has 1 unspecified atom stereocenters. The Morgan fingerprint density at radius 3 is 3.05 bits per heavy atom. The van der Waals surface area contributed by atoms with Crippen LogP contribution in [0, 0.1) is 5.92 Å². The molecule has 1 atom stereocenters. The van der Waals surface area contributed by atoms with Crippen LogP contribution < -0.4 is 4.74 Å². The SMILES string of the molecule is COc1nc2ccccc2cc1CN1CCCC(CO)C1. The molecule has 0 bridgehead atoms. The van der Waals surface area contributed by atoms with Gasteiger partial charge in [0.1, 0.15) is 0 Å². The summed E-state index contributed by atoms with van der Waals surface area (Å²) in [7, 11) is 1.67. The third-order valence-corrected chi connectivity index (χ3v) is 4.21. The lowest BCUT2D eigenvalue weighted by Gasteiger charge is -2.32. The Bertz CT molecular complexity index is 615. The van der Waals surface area contributed by atoms with Gasteiger partial charge in [-0.3, -0.25) is 4.90 Å². The highest BCUT2D eigenvalue weighted by Gasteiger charge is 2.20. The molecule has 0 aliphatic carbocycles. The maximum absolute atomic E-state index is 9.35. The van der Waals surface area contributed by atoms with E-state index in [-0.39, 0.29) is 6.61 Å². The zero-order chi connectivity index (χ0) is 14.7. The fraction of sp³-hybridized carbons (Fsp3) is 0.471. The summed E-state index contributed by atoms with van der Waals surface area (Å²) in [6, 6.07) is 10.3. The average molecular weight is 286 g/mol. The predicted molar refractivity (Wildman–Crippen MR) is 83.4 cm³/mol. The van der Waals surface area contributed by atoms with Crippen LogP contribution in [0.2, 0.25) is 0 Å². The van der Waals surface area contributed by atoms with Gasteiger partial charge in [-0.2, -0.15) is 0 Å². The van der Waals surface area contributed by atoms with Gasteiger partial charge in [0.25, 0.3) is 0 Å². The predicted octanol–water partition coefficient (Wildman–Crippen LogP) is 2.45. The molecule has 3 rings (SSSR count). The number of benzene rings is 1. The van der Waals surface area contributed by atoms with Crippen LogP contribution in [0.1, 0.15) is 18.4 Å². The topological polar surface area (TPSA) is 45.6 Å². The molecule has 1 aliphatic heterocycles. The summed E-state index contributed by atoms with van der Waals surface area (Å²) in [6.07, 6.45) is 2.27. The minimum atomic E-state index is 0.281. The first-order valence-corrected chi connectivity index (χ1v) is 7.56. The molecule has 1 saturated heterocycles. The van der Waals surface area contributed by atoms with E-state index in [1.165, 1.54) is 0 Å². The van der Waals surface area contributed by atoms with E-state index in [9.17, 15) is 5.11 Å². The van der Waals surface area contributed by atoms with Gasteiger partial charge in [-0.05, 0) is 37.4 Å². The number of para-hydroxylation sites is 1. The second-order valence-corrected chi connectivity index (χ2v) is 5.78. The largest absolute Gasteiger partial charge is 0.481 e. The number of nitrogens with zero attached hydrogens (tertiary/aromatic N) is 2. The van der Waals surface area contributed by atoms with E-state index < -0.39 is 0 Å². The Morgan fingerprint density at radius 2 is 2.24 bits per heavy atom. The minimum Gasteiger partial charge on any atom is -0.481 e. The molecule has 112 valence electrons. The van der Waals surface area contributed by atoms with Crippen molar-refractivity contribution in [3.05, 3.63) is 35.9 Å². The van der Waals surface area contributed by atoms with Crippen LogP contribution in [0.15, 0.2) is 30.3 Å². The number of piperidine rings is 1. The van der Waals surface area contributed by atoms with Gasteiger partial charge in [-0.25, -0.2) is 4.98 Å². The first-order valence-electron chi connectivity index (χ1n) is 7.56. The monoisotopic (exact) mass is 286 g/mol. The normalized spacial score (nSPS) is 19.8. The van der Waals surface area contributed by atoms with Crippen LogP contribution >= 0.6 is 0 Å². The van der Waals surface area contributed by atoms with E-state index in [1.54, 1.807) is 7.11 Å². The number of hydrogen-bond donors (Lipinski definition) is 1. The number of aliphatic hydroxyl groups excluding tert-OH is 1. The smallest absolute Gasteiger partial charge is 0.218 e. The second-order valence-electron chi connectivity index (χ2n) is 5.78. The molecule has 1 aromatic carbocycles. The summed E-state index contributed by atoms with van der Waals surface area (Å²) >= 11 is 0. The van der Waals surface area contributed by atoms with Gasteiger partial charge in [0, 0.05) is 30.6 Å². The van der Waals surface area contributed by atoms with Crippen molar-refractivity contribution in [1.29, 1.82) is 0 Å².